The first-order valence-electron chi connectivity index (χ1n) is 4.14. The summed E-state index contributed by atoms with van der Waals surface area (Å²) in [7, 11) is 0. The smallest absolute Gasteiger partial charge is 0.0267 e. The van der Waals surface area contributed by atoms with Gasteiger partial charge >= 0.3 is 0 Å². The van der Waals surface area contributed by atoms with E-state index in [-0.39, 0.29) is 5.54 Å². The molecule has 0 heterocycles. The Balaban J connectivity index is 2.43. The van der Waals surface area contributed by atoms with Crippen LogP contribution in [0.5, 0.6) is 0 Å². The van der Waals surface area contributed by atoms with E-state index in [4.69, 9.17) is 17.9 Å². The molecule has 0 aromatic rings. The summed E-state index contributed by atoms with van der Waals surface area (Å²) in [5, 5.41) is 0. The van der Waals surface area contributed by atoms with E-state index in [1.807, 2.05) is 0 Å². The van der Waals surface area contributed by atoms with E-state index >= 15 is 0 Å². The van der Waals surface area contributed by atoms with Crippen LogP contribution in [-0.2, 0) is 0 Å². The molecule has 0 bridgehead atoms. The minimum atomic E-state index is -0.107. The third kappa shape index (κ3) is 2.21. The van der Waals surface area contributed by atoms with Crippen molar-refractivity contribution in [2.24, 2.45) is 11.5 Å². The molecule has 1 aliphatic carbocycles. The first-order valence-corrected chi connectivity index (χ1v) is 4.14. The van der Waals surface area contributed by atoms with Gasteiger partial charge in [0.25, 0.3) is 0 Å². The van der Waals surface area contributed by atoms with Gasteiger partial charge in [0.15, 0.2) is 0 Å². The first kappa shape index (κ1) is 8.58. The van der Waals surface area contributed by atoms with Gasteiger partial charge in [-0.05, 0) is 25.7 Å². The Morgan fingerprint density at radius 1 is 1.45 bits per heavy atom. The highest BCUT2D eigenvalue weighted by atomic mass is 14.8. The second-order valence-corrected chi connectivity index (χ2v) is 3.58. The third-order valence-corrected chi connectivity index (χ3v) is 2.48. The van der Waals surface area contributed by atoms with Crippen LogP contribution in [0.3, 0.4) is 0 Å². The molecule has 0 aromatic carbocycles. The Hall–Kier alpha value is -0.520. The van der Waals surface area contributed by atoms with Gasteiger partial charge < -0.3 is 11.5 Å². The molecule has 11 heavy (non-hydrogen) atoms. The zero-order valence-corrected chi connectivity index (χ0v) is 6.84. The predicted octanol–water partition coefficient (Wildman–Crippen LogP) is 0.608. The maximum absolute atomic E-state index is 6.03. The van der Waals surface area contributed by atoms with Crippen LogP contribution in [0.1, 0.15) is 32.1 Å². The van der Waals surface area contributed by atoms with Crippen LogP contribution < -0.4 is 11.5 Å². The van der Waals surface area contributed by atoms with Gasteiger partial charge in [-0.3, -0.25) is 0 Å². The molecule has 0 aromatic heterocycles. The van der Waals surface area contributed by atoms with Crippen LogP contribution in [-0.4, -0.2) is 11.6 Å². The van der Waals surface area contributed by atoms with Crippen molar-refractivity contribution in [2.75, 3.05) is 0 Å². The molecule has 0 amide bonds. The molecule has 1 saturated carbocycles. The van der Waals surface area contributed by atoms with Crippen LogP contribution in [0.25, 0.3) is 0 Å². The van der Waals surface area contributed by atoms with E-state index in [1.165, 1.54) is 0 Å². The van der Waals surface area contributed by atoms with Crippen LogP contribution in [0.15, 0.2) is 0 Å². The fourth-order valence-corrected chi connectivity index (χ4v) is 1.60. The summed E-state index contributed by atoms with van der Waals surface area (Å²) in [6, 6.07) is 0.351. The van der Waals surface area contributed by atoms with Gasteiger partial charge in [-0.1, -0.05) is 0 Å². The standard InChI is InChI=1S/C9H16N2/c1-2-5-9(11)6-3-8(10)4-7-9/h1,8H,3-7,10-11H2. The molecule has 2 heteroatoms. The SMILES string of the molecule is C#CCC1(N)CCC(N)CC1. The van der Waals surface area contributed by atoms with Gasteiger partial charge in [0.1, 0.15) is 0 Å². The Morgan fingerprint density at radius 2 is 2.00 bits per heavy atom. The summed E-state index contributed by atoms with van der Waals surface area (Å²) >= 11 is 0. The van der Waals surface area contributed by atoms with Gasteiger partial charge in [0.2, 0.25) is 0 Å². The molecule has 1 fully saturated rings. The van der Waals surface area contributed by atoms with Crippen molar-refractivity contribution in [2.45, 2.75) is 43.7 Å². The molecular weight excluding hydrogens is 136 g/mol. The van der Waals surface area contributed by atoms with E-state index in [1.54, 1.807) is 0 Å². The predicted molar refractivity (Wildman–Crippen MR) is 46.8 cm³/mol. The minimum absolute atomic E-state index is 0.107. The first-order chi connectivity index (χ1) is 5.16. The van der Waals surface area contributed by atoms with Crippen molar-refractivity contribution in [3.8, 4) is 12.3 Å². The Morgan fingerprint density at radius 3 is 2.45 bits per heavy atom. The number of nitrogens with two attached hydrogens (primary N) is 2. The summed E-state index contributed by atoms with van der Waals surface area (Å²) in [6.07, 6.45) is 9.93. The normalized spacial score (nSPS) is 38.1. The Kier molecular flexibility index (Phi) is 2.53. The lowest BCUT2D eigenvalue weighted by atomic mass is 9.78. The van der Waals surface area contributed by atoms with Crippen LogP contribution in [0, 0.1) is 12.3 Å². The second kappa shape index (κ2) is 3.25. The van der Waals surface area contributed by atoms with Crippen molar-refractivity contribution in [3.63, 3.8) is 0 Å². The van der Waals surface area contributed by atoms with Gasteiger partial charge in [0, 0.05) is 18.0 Å². The van der Waals surface area contributed by atoms with Crippen LogP contribution in [0.4, 0.5) is 0 Å². The van der Waals surface area contributed by atoms with E-state index in [0.717, 1.165) is 25.7 Å². The topological polar surface area (TPSA) is 52.0 Å². The van der Waals surface area contributed by atoms with Crippen molar-refractivity contribution in [1.82, 2.24) is 0 Å². The van der Waals surface area contributed by atoms with Crippen molar-refractivity contribution >= 4 is 0 Å². The van der Waals surface area contributed by atoms with E-state index in [9.17, 15) is 0 Å². The molecule has 0 radical (unpaired) electrons. The molecule has 0 unspecified atom stereocenters. The number of hydrogen-bond donors (Lipinski definition) is 2. The lowest BCUT2D eigenvalue weighted by Crippen LogP contribution is -2.45. The lowest BCUT2D eigenvalue weighted by molar-refractivity contribution is 0.278. The maximum Gasteiger partial charge on any atom is 0.0267 e. The Labute approximate surface area is 68.3 Å². The zero-order valence-electron chi connectivity index (χ0n) is 6.84. The number of hydrogen-bond acceptors (Lipinski definition) is 2. The largest absolute Gasteiger partial charge is 0.328 e. The highest BCUT2D eigenvalue weighted by Gasteiger charge is 2.29. The van der Waals surface area contributed by atoms with Crippen molar-refractivity contribution in [1.29, 1.82) is 0 Å². The minimum Gasteiger partial charge on any atom is -0.328 e. The number of terminal acetylenes is 1. The zero-order chi connectivity index (χ0) is 8.32. The molecule has 0 saturated heterocycles. The van der Waals surface area contributed by atoms with E-state index in [0.29, 0.717) is 12.5 Å². The summed E-state index contributed by atoms with van der Waals surface area (Å²) in [5.41, 5.74) is 11.7. The molecule has 0 spiro atoms. The molecular formula is C9H16N2. The van der Waals surface area contributed by atoms with Crippen LogP contribution >= 0.6 is 0 Å². The highest BCUT2D eigenvalue weighted by Crippen LogP contribution is 2.27. The van der Waals surface area contributed by atoms with Gasteiger partial charge in [-0.15, -0.1) is 12.3 Å². The molecule has 0 aliphatic heterocycles. The fraction of sp³-hybridized carbons (Fsp3) is 0.778. The van der Waals surface area contributed by atoms with Gasteiger partial charge in [-0.25, -0.2) is 0 Å². The van der Waals surface area contributed by atoms with E-state index < -0.39 is 0 Å². The van der Waals surface area contributed by atoms with Crippen LogP contribution in [0.2, 0.25) is 0 Å². The monoisotopic (exact) mass is 152 g/mol. The molecule has 1 rings (SSSR count). The highest BCUT2D eigenvalue weighted by molar-refractivity contribution is 5.00. The summed E-state index contributed by atoms with van der Waals surface area (Å²) in [6.45, 7) is 0. The van der Waals surface area contributed by atoms with Gasteiger partial charge in [-0.2, -0.15) is 0 Å². The Bertz CT molecular complexity index is 161. The maximum atomic E-state index is 6.03. The van der Waals surface area contributed by atoms with Crippen molar-refractivity contribution < 1.29 is 0 Å². The summed E-state index contributed by atoms with van der Waals surface area (Å²) < 4.78 is 0. The fourth-order valence-electron chi connectivity index (χ4n) is 1.60. The number of rotatable bonds is 1. The summed E-state index contributed by atoms with van der Waals surface area (Å²) in [4.78, 5) is 0. The second-order valence-electron chi connectivity index (χ2n) is 3.58. The average molecular weight is 152 g/mol. The quantitative estimate of drug-likeness (QED) is 0.541. The van der Waals surface area contributed by atoms with Gasteiger partial charge in [0.05, 0.1) is 0 Å². The molecule has 1 aliphatic rings. The molecule has 62 valence electrons. The summed E-state index contributed by atoms with van der Waals surface area (Å²) in [5.74, 6) is 2.63. The van der Waals surface area contributed by atoms with E-state index in [2.05, 4.69) is 5.92 Å². The average Bonchev–Trinajstić information content (AvgIpc) is 1.97. The lowest BCUT2D eigenvalue weighted by Gasteiger charge is -2.34. The molecule has 2 nitrogen and oxygen atoms in total. The molecule has 0 atom stereocenters. The van der Waals surface area contributed by atoms with Crippen molar-refractivity contribution in [3.05, 3.63) is 0 Å². The molecule has 4 N–H and O–H groups in total. The third-order valence-electron chi connectivity index (χ3n) is 2.48.